The Morgan fingerprint density at radius 1 is 1.21 bits per heavy atom. The van der Waals surface area contributed by atoms with Gasteiger partial charge in [-0.25, -0.2) is 4.98 Å². The van der Waals surface area contributed by atoms with Gasteiger partial charge in [0.15, 0.2) is 5.65 Å². The third-order valence-corrected chi connectivity index (χ3v) is 4.70. The number of hydrogen-bond acceptors (Lipinski definition) is 4. The van der Waals surface area contributed by atoms with Gasteiger partial charge in [-0.1, -0.05) is 17.7 Å². The van der Waals surface area contributed by atoms with E-state index in [9.17, 15) is 4.79 Å². The van der Waals surface area contributed by atoms with Gasteiger partial charge in [-0.2, -0.15) is 0 Å². The normalized spacial score (nSPS) is 18.0. The van der Waals surface area contributed by atoms with Gasteiger partial charge in [0.2, 0.25) is 0 Å². The van der Waals surface area contributed by atoms with Crippen molar-refractivity contribution in [2.75, 3.05) is 13.1 Å². The molecule has 0 unspecified atom stereocenters. The van der Waals surface area contributed by atoms with Crippen LogP contribution in [0.2, 0.25) is 5.15 Å². The molecule has 4 heterocycles. The van der Waals surface area contributed by atoms with Crippen LogP contribution in [0.5, 0.6) is 0 Å². The number of pyridine rings is 2. The molecule has 0 saturated carbocycles. The zero-order valence-corrected chi connectivity index (χ0v) is 13.7. The number of aromatic nitrogens is 4. The number of carbonyl (C=O) groups excluding carboxylic acids is 1. The van der Waals surface area contributed by atoms with E-state index < -0.39 is 0 Å². The molecule has 3 aromatic rings. The summed E-state index contributed by atoms with van der Waals surface area (Å²) in [6, 6.07) is 9.27. The molecule has 0 aromatic carbocycles. The molecule has 6 nitrogen and oxygen atoms in total. The lowest BCUT2D eigenvalue weighted by Crippen LogP contribution is -2.39. The van der Waals surface area contributed by atoms with E-state index >= 15 is 0 Å². The molecular weight excluding hydrogens is 326 g/mol. The highest BCUT2D eigenvalue weighted by molar-refractivity contribution is 6.32. The van der Waals surface area contributed by atoms with Crippen molar-refractivity contribution < 1.29 is 4.79 Å². The monoisotopic (exact) mass is 341 g/mol. The maximum atomic E-state index is 12.8. The van der Waals surface area contributed by atoms with E-state index in [0.717, 1.165) is 30.9 Å². The number of nitrogens with zero attached hydrogens (tertiary/aromatic N) is 5. The molecular formula is C17H16ClN5O. The molecule has 1 saturated heterocycles. The summed E-state index contributed by atoms with van der Waals surface area (Å²) < 4.78 is 2.00. The van der Waals surface area contributed by atoms with E-state index in [4.69, 9.17) is 11.6 Å². The van der Waals surface area contributed by atoms with E-state index in [1.807, 2.05) is 33.7 Å². The van der Waals surface area contributed by atoms with Crippen LogP contribution in [0, 0.1) is 0 Å². The van der Waals surface area contributed by atoms with E-state index in [0.29, 0.717) is 12.1 Å². The third-order valence-electron chi connectivity index (χ3n) is 4.40. The Morgan fingerprint density at radius 2 is 2.12 bits per heavy atom. The second-order valence-corrected chi connectivity index (χ2v) is 6.28. The molecule has 0 spiro atoms. The quantitative estimate of drug-likeness (QED) is 0.672. The highest BCUT2D eigenvalue weighted by Crippen LogP contribution is 2.27. The second kappa shape index (κ2) is 6.20. The summed E-state index contributed by atoms with van der Waals surface area (Å²) in [6.45, 7) is 1.33. The van der Waals surface area contributed by atoms with Crippen LogP contribution in [-0.2, 0) is 0 Å². The SMILES string of the molecule is O=C(c1cccnc1Cl)N1CCC[C@@H](c2nnc3ccccn23)C1. The summed E-state index contributed by atoms with van der Waals surface area (Å²) in [5.74, 6) is 0.988. The second-order valence-electron chi connectivity index (χ2n) is 5.92. The number of hydrogen-bond donors (Lipinski definition) is 0. The summed E-state index contributed by atoms with van der Waals surface area (Å²) in [7, 11) is 0. The fraction of sp³-hybridized carbons (Fsp3) is 0.294. The smallest absolute Gasteiger partial charge is 0.257 e. The number of rotatable bonds is 2. The molecule has 0 N–H and O–H groups in total. The Hall–Kier alpha value is -2.47. The minimum Gasteiger partial charge on any atom is -0.338 e. The molecule has 1 aliphatic rings. The van der Waals surface area contributed by atoms with Crippen molar-refractivity contribution in [1.29, 1.82) is 0 Å². The summed E-state index contributed by atoms with van der Waals surface area (Å²) in [5, 5.41) is 8.80. The van der Waals surface area contributed by atoms with Crippen LogP contribution < -0.4 is 0 Å². The summed E-state index contributed by atoms with van der Waals surface area (Å²) in [4.78, 5) is 18.6. The summed E-state index contributed by atoms with van der Waals surface area (Å²) in [6.07, 6.45) is 5.46. The van der Waals surface area contributed by atoms with Crippen LogP contribution in [0.15, 0.2) is 42.7 Å². The van der Waals surface area contributed by atoms with E-state index in [2.05, 4.69) is 15.2 Å². The van der Waals surface area contributed by atoms with E-state index in [1.54, 1.807) is 18.3 Å². The fourth-order valence-corrected chi connectivity index (χ4v) is 3.43. The van der Waals surface area contributed by atoms with Crippen LogP contribution in [0.1, 0.15) is 34.9 Å². The lowest BCUT2D eigenvalue weighted by atomic mass is 9.96. The van der Waals surface area contributed by atoms with Crippen molar-refractivity contribution in [3.05, 3.63) is 59.3 Å². The summed E-state index contributed by atoms with van der Waals surface area (Å²) in [5.41, 5.74) is 1.28. The van der Waals surface area contributed by atoms with Gasteiger partial charge in [0.1, 0.15) is 11.0 Å². The Morgan fingerprint density at radius 3 is 3.00 bits per heavy atom. The molecule has 1 aliphatic heterocycles. The number of amides is 1. The van der Waals surface area contributed by atoms with Crippen LogP contribution in [0.3, 0.4) is 0 Å². The van der Waals surface area contributed by atoms with Gasteiger partial charge in [0, 0.05) is 31.4 Å². The van der Waals surface area contributed by atoms with Gasteiger partial charge in [-0.3, -0.25) is 9.20 Å². The molecule has 0 bridgehead atoms. The molecule has 0 radical (unpaired) electrons. The van der Waals surface area contributed by atoms with Gasteiger partial charge >= 0.3 is 0 Å². The number of likely N-dealkylation sites (tertiary alicyclic amines) is 1. The largest absolute Gasteiger partial charge is 0.338 e. The van der Waals surface area contributed by atoms with Crippen LogP contribution in [0.4, 0.5) is 0 Å². The molecule has 3 aromatic heterocycles. The summed E-state index contributed by atoms with van der Waals surface area (Å²) >= 11 is 6.07. The van der Waals surface area contributed by atoms with Crippen LogP contribution >= 0.6 is 11.6 Å². The maximum absolute atomic E-state index is 12.8. The number of halogens is 1. The number of piperidine rings is 1. The topological polar surface area (TPSA) is 63.4 Å². The Bertz CT molecular complexity index is 893. The molecule has 24 heavy (non-hydrogen) atoms. The average Bonchev–Trinajstić information content (AvgIpc) is 3.06. The van der Waals surface area contributed by atoms with Gasteiger partial charge in [-0.05, 0) is 37.1 Å². The van der Waals surface area contributed by atoms with Crippen LogP contribution in [-0.4, -0.2) is 43.5 Å². The van der Waals surface area contributed by atoms with Crippen molar-refractivity contribution >= 4 is 23.2 Å². The first-order valence-corrected chi connectivity index (χ1v) is 8.31. The van der Waals surface area contributed by atoms with Gasteiger partial charge < -0.3 is 4.90 Å². The lowest BCUT2D eigenvalue weighted by Gasteiger charge is -2.32. The molecule has 7 heteroatoms. The van der Waals surface area contributed by atoms with Crippen molar-refractivity contribution in [2.45, 2.75) is 18.8 Å². The van der Waals surface area contributed by atoms with Crippen molar-refractivity contribution in [3.8, 4) is 0 Å². The highest BCUT2D eigenvalue weighted by atomic mass is 35.5. The first kappa shape index (κ1) is 15.1. The van der Waals surface area contributed by atoms with E-state index in [-0.39, 0.29) is 17.0 Å². The van der Waals surface area contributed by atoms with Crippen molar-refractivity contribution in [2.24, 2.45) is 0 Å². The Labute approximate surface area is 144 Å². The van der Waals surface area contributed by atoms with E-state index in [1.165, 1.54) is 0 Å². The standard InChI is InChI=1S/C17H16ClN5O/c18-15-13(6-3-8-19-15)17(24)22-9-4-5-12(11-22)16-21-20-14-7-1-2-10-23(14)16/h1-3,6-8,10,12H,4-5,9,11H2/t12-/m1/s1. The predicted octanol–water partition coefficient (Wildman–Crippen LogP) is 2.80. The van der Waals surface area contributed by atoms with Gasteiger partial charge in [-0.15, -0.1) is 10.2 Å². The average molecular weight is 342 g/mol. The zero-order chi connectivity index (χ0) is 16.5. The first-order chi connectivity index (χ1) is 11.7. The third kappa shape index (κ3) is 2.63. The minimum absolute atomic E-state index is 0.0772. The zero-order valence-electron chi connectivity index (χ0n) is 13.0. The molecule has 4 rings (SSSR count). The predicted molar refractivity (Wildman–Crippen MR) is 90.1 cm³/mol. The van der Waals surface area contributed by atoms with Crippen LogP contribution in [0.25, 0.3) is 5.65 Å². The molecule has 1 atom stereocenters. The maximum Gasteiger partial charge on any atom is 0.257 e. The van der Waals surface area contributed by atoms with Gasteiger partial charge in [0.05, 0.1) is 5.56 Å². The number of carbonyl (C=O) groups is 1. The fourth-order valence-electron chi connectivity index (χ4n) is 3.23. The Kier molecular flexibility index (Phi) is 3.90. The highest BCUT2D eigenvalue weighted by Gasteiger charge is 2.29. The van der Waals surface area contributed by atoms with Crippen molar-refractivity contribution in [1.82, 2.24) is 24.5 Å². The Balaban J connectivity index is 1.60. The molecule has 1 fully saturated rings. The van der Waals surface area contributed by atoms with Crippen molar-refractivity contribution in [3.63, 3.8) is 0 Å². The molecule has 122 valence electrons. The first-order valence-electron chi connectivity index (χ1n) is 7.93. The molecule has 0 aliphatic carbocycles. The molecule has 1 amide bonds. The number of fused-ring (bicyclic) bond motifs is 1. The minimum atomic E-state index is -0.0772. The lowest BCUT2D eigenvalue weighted by molar-refractivity contribution is 0.0704. The van der Waals surface area contributed by atoms with Gasteiger partial charge in [0.25, 0.3) is 5.91 Å².